The average molecular weight is 231 g/mol. The molecule has 4 heteroatoms. The molecule has 0 bridgehead atoms. The van der Waals surface area contributed by atoms with Gasteiger partial charge in [0.2, 0.25) is 0 Å². The number of benzene rings is 1. The highest BCUT2D eigenvalue weighted by Crippen LogP contribution is 2.33. The molecule has 0 radical (unpaired) electrons. The third kappa shape index (κ3) is 1.69. The van der Waals surface area contributed by atoms with Gasteiger partial charge in [-0.05, 0) is 25.0 Å². The third-order valence-corrected chi connectivity index (χ3v) is 3.16. The second-order valence-corrected chi connectivity index (χ2v) is 4.33. The van der Waals surface area contributed by atoms with Crippen LogP contribution in [-0.2, 0) is 13.5 Å². The van der Waals surface area contributed by atoms with E-state index in [-0.39, 0.29) is 5.82 Å². The number of aromatic nitrogens is 2. The lowest BCUT2D eigenvalue weighted by Crippen LogP contribution is -2.13. The van der Waals surface area contributed by atoms with Crippen LogP contribution < -0.4 is 5.32 Å². The van der Waals surface area contributed by atoms with E-state index in [4.69, 9.17) is 0 Å². The molecule has 2 heterocycles. The second-order valence-electron chi connectivity index (χ2n) is 4.33. The van der Waals surface area contributed by atoms with Gasteiger partial charge in [0, 0.05) is 19.2 Å². The summed E-state index contributed by atoms with van der Waals surface area (Å²) in [7, 11) is 1.94. The summed E-state index contributed by atoms with van der Waals surface area (Å²) >= 11 is 0. The molecule has 0 amide bonds. The van der Waals surface area contributed by atoms with Crippen LogP contribution in [0.2, 0.25) is 0 Å². The van der Waals surface area contributed by atoms with E-state index in [1.54, 1.807) is 6.07 Å². The van der Waals surface area contributed by atoms with Crippen molar-refractivity contribution in [3.63, 3.8) is 0 Å². The fraction of sp³-hybridized carbons (Fsp3) is 0.308. The Morgan fingerprint density at radius 1 is 1.41 bits per heavy atom. The van der Waals surface area contributed by atoms with Crippen molar-refractivity contribution in [2.24, 2.45) is 7.05 Å². The molecular formula is C13H14FN3. The zero-order valence-electron chi connectivity index (χ0n) is 9.70. The van der Waals surface area contributed by atoms with Crippen molar-refractivity contribution in [1.82, 2.24) is 9.78 Å². The number of anilines is 1. The molecule has 3 rings (SSSR count). The first-order valence-corrected chi connectivity index (χ1v) is 5.81. The minimum Gasteiger partial charge on any atom is -0.382 e. The maximum Gasteiger partial charge on any atom is 0.123 e. The summed E-state index contributed by atoms with van der Waals surface area (Å²) in [5, 5.41) is 7.86. The number of hydrogen-bond donors (Lipinski definition) is 1. The summed E-state index contributed by atoms with van der Waals surface area (Å²) in [6.07, 6.45) is 2.15. The van der Waals surface area contributed by atoms with Gasteiger partial charge in [-0.25, -0.2) is 4.39 Å². The lowest BCUT2D eigenvalue weighted by atomic mass is 10.1. The van der Waals surface area contributed by atoms with Crippen molar-refractivity contribution in [2.45, 2.75) is 12.8 Å². The molecule has 0 atom stereocenters. The standard InChI is InChI=1S/C13H14FN3/c1-17-11-6-3-7-15-13(11)12(16-17)9-4-2-5-10(14)8-9/h2,4-5,8,15H,3,6-7H2,1H3. The maximum atomic E-state index is 13.2. The number of rotatable bonds is 1. The molecule has 2 aromatic rings. The van der Waals surface area contributed by atoms with E-state index < -0.39 is 0 Å². The number of aryl methyl sites for hydroxylation is 1. The van der Waals surface area contributed by atoms with Crippen LogP contribution in [0.4, 0.5) is 10.1 Å². The first-order chi connectivity index (χ1) is 8.25. The Bertz CT molecular complexity index is 560. The summed E-state index contributed by atoms with van der Waals surface area (Å²) in [4.78, 5) is 0. The Morgan fingerprint density at radius 2 is 2.29 bits per heavy atom. The van der Waals surface area contributed by atoms with Crippen molar-refractivity contribution in [3.05, 3.63) is 35.8 Å². The van der Waals surface area contributed by atoms with E-state index >= 15 is 0 Å². The van der Waals surface area contributed by atoms with Gasteiger partial charge in [-0.2, -0.15) is 5.10 Å². The molecule has 1 aromatic carbocycles. The Labute approximate surface area is 99.3 Å². The summed E-state index contributed by atoms with van der Waals surface area (Å²) in [5.74, 6) is -0.224. The summed E-state index contributed by atoms with van der Waals surface area (Å²) in [6.45, 7) is 0.959. The lowest BCUT2D eigenvalue weighted by Gasteiger charge is -2.15. The van der Waals surface area contributed by atoms with Gasteiger partial charge in [-0.3, -0.25) is 4.68 Å². The third-order valence-electron chi connectivity index (χ3n) is 3.16. The quantitative estimate of drug-likeness (QED) is 0.817. The van der Waals surface area contributed by atoms with Gasteiger partial charge in [-0.15, -0.1) is 0 Å². The second kappa shape index (κ2) is 3.87. The predicted octanol–water partition coefficient (Wildman–Crippen LogP) is 2.58. The average Bonchev–Trinajstić information content (AvgIpc) is 2.68. The first-order valence-electron chi connectivity index (χ1n) is 5.81. The van der Waals surface area contributed by atoms with Crippen LogP contribution >= 0.6 is 0 Å². The van der Waals surface area contributed by atoms with Gasteiger partial charge in [-0.1, -0.05) is 12.1 Å². The van der Waals surface area contributed by atoms with Crippen LogP contribution in [0.3, 0.4) is 0 Å². The molecule has 0 aliphatic carbocycles. The maximum absolute atomic E-state index is 13.2. The Balaban J connectivity index is 2.15. The predicted molar refractivity (Wildman–Crippen MR) is 65.4 cm³/mol. The summed E-state index contributed by atoms with van der Waals surface area (Å²) in [5.41, 5.74) is 3.94. The van der Waals surface area contributed by atoms with Gasteiger partial charge in [0.05, 0.1) is 11.4 Å². The monoisotopic (exact) mass is 231 g/mol. The van der Waals surface area contributed by atoms with Gasteiger partial charge in [0.25, 0.3) is 0 Å². The van der Waals surface area contributed by atoms with E-state index in [2.05, 4.69) is 10.4 Å². The van der Waals surface area contributed by atoms with E-state index in [9.17, 15) is 4.39 Å². The first kappa shape index (κ1) is 10.3. The van der Waals surface area contributed by atoms with Gasteiger partial charge < -0.3 is 5.32 Å². The Morgan fingerprint density at radius 3 is 3.12 bits per heavy atom. The van der Waals surface area contributed by atoms with Crippen LogP contribution in [0.1, 0.15) is 12.1 Å². The molecule has 0 fully saturated rings. The highest BCUT2D eigenvalue weighted by Gasteiger charge is 2.20. The van der Waals surface area contributed by atoms with Gasteiger partial charge in [0.1, 0.15) is 11.5 Å². The van der Waals surface area contributed by atoms with E-state index in [0.29, 0.717) is 0 Å². The molecule has 0 saturated heterocycles. The molecule has 17 heavy (non-hydrogen) atoms. The molecular weight excluding hydrogens is 217 g/mol. The molecule has 0 unspecified atom stereocenters. The van der Waals surface area contributed by atoms with Crippen LogP contribution in [0.15, 0.2) is 24.3 Å². The van der Waals surface area contributed by atoms with E-state index in [0.717, 1.165) is 36.3 Å². The van der Waals surface area contributed by atoms with Crippen LogP contribution in [-0.4, -0.2) is 16.3 Å². The molecule has 1 aromatic heterocycles. The normalized spacial score (nSPS) is 14.2. The molecule has 88 valence electrons. The lowest BCUT2D eigenvalue weighted by molar-refractivity contribution is 0.628. The SMILES string of the molecule is Cn1nc(-c2cccc(F)c2)c2c1CCCN2. The number of fused-ring (bicyclic) bond motifs is 1. The van der Waals surface area contributed by atoms with Crippen LogP contribution in [0, 0.1) is 5.82 Å². The van der Waals surface area contributed by atoms with E-state index in [1.807, 2.05) is 17.8 Å². The van der Waals surface area contributed by atoms with Crippen molar-refractivity contribution in [2.75, 3.05) is 11.9 Å². The van der Waals surface area contributed by atoms with Crippen LogP contribution in [0.5, 0.6) is 0 Å². The smallest absolute Gasteiger partial charge is 0.123 e. The number of halogens is 1. The fourth-order valence-corrected chi connectivity index (χ4v) is 2.34. The molecule has 1 aliphatic heterocycles. The van der Waals surface area contributed by atoms with E-state index in [1.165, 1.54) is 17.8 Å². The minimum absolute atomic E-state index is 0.224. The van der Waals surface area contributed by atoms with Gasteiger partial charge in [0.15, 0.2) is 0 Å². The summed E-state index contributed by atoms with van der Waals surface area (Å²) in [6, 6.07) is 6.59. The largest absolute Gasteiger partial charge is 0.382 e. The number of hydrogen-bond acceptors (Lipinski definition) is 2. The minimum atomic E-state index is -0.224. The van der Waals surface area contributed by atoms with Crippen molar-refractivity contribution < 1.29 is 4.39 Å². The number of nitrogens with zero attached hydrogens (tertiary/aromatic N) is 2. The molecule has 1 aliphatic rings. The molecule has 0 saturated carbocycles. The van der Waals surface area contributed by atoms with Crippen molar-refractivity contribution in [3.8, 4) is 11.3 Å². The highest BCUT2D eigenvalue weighted by molar-refractivity contribution is 5.76. The zero-order chi connectivity index (χ0) is 11.8. The topological polar surface area (TPSA) is 29.9 Å². The van der Waals surface area contributed by atoms with Gasteiger partial charge >= 0.3 is 0 Å². The molecule has 1 N–H and O–H groups in total. The zero-order valence-corrected chi connectivity index (χ0v) is 9.70. The summed E-state index contributed by atoms with van der Waals surface area (Å²) < 4.78 is 15.1. The molecule has 3 nitrogen and oxygen atoms in total. The molecule has 0 spiro atoms. The number of nitrogens with one attached hydrogen (secondary N) is 1. The highest BCUT2D eigenvalue weighted by atomic mass is 19.1. The Hall–Kier alpha value is -1.84. The fourth-order valence-electron chi connectivity index (χ4n) is 2.34. The van der Waals surface area contributed by atoms with Crippen molar-refractivity contribution in [1.29, 1.82) is 0 Å². The van der Waals surface area contributed by atoms with Crippen LogP contribution in [0.25, 0.3) is 11.3 Å². The van der Waals surface area contributed by atoms with Crippen molar-refractivity contribution >= 4 is 5.69 Å². The Kier molecular flexibility index (Phi) is 2.35.